The van der Waals surface area contributed by atoms with Gasteiger partial charge in [0.25, 0.3) is 0 Å². The molecule has 0 aromatic rings. The third-order valence-electron chi connectivity index (χ3n) is 6.07. The van der Waals surface area contributed by atoms with E-state index >= 15 is 0 Å². The van der Waals surface area contributed by atoms with Crippen molar-refractivity contribution >= 4 is 8.32 Å². The molecule has 2 heteroatoms. The van der Waals surface area contributed by atoms with Crippen LogP contribution in [0, 0.1) is 11.8 Å². The molecule has 1 aliphatic carbocycles. The molecule has 1 spiro atoms. The molecule has 1 fully saturated rings. The highest BCUT2D eigenvalue weighted by Crippen LogP contribution is 2.64. The van der Waals surface area contributed by atoms with Crippen LogP contribution >= 0.6 is 0 Å². The molecule has 0 unspecified atom stereocenters. The van der Waals surface area contributed by atoms with Crippen molar-refractivity contribution in [1.29, 1.82) is 0 Å². The maximum absolute atomic E-state index is 7.23. The van der Waals surface area contributed by atoms with Crippen LogP contribution < -0.4 is 0 Å². The normalized spacial score (nSPS) is 33.1. The number of rotatable bonds is 1. The highest BCUT2D eigenvalue weighted by molar-refractivity contribution is 6.80. The van der Waals surface area contributed by atoms with Crippen LogP contribution in [-0.2, 0) is 4.43 Å². The lowest BCUT2D eigenvalue weighted by atomic mass is 9.75. The summed E-state index contributed by atoms with van der Waals surface area (Å²) in [4.78, 5) is 0. The Kier molecular flexibility index (Phi) is 4.30. The molecule has 1 heterocycles. The van der Waals surface area contributed by atoms with Gasteiger partial charge in [-0.15, -0.1) is 0 Å². The van der Waals surface area contributed by atoms with Gasteiger partial charge < -0.3 is 4.43 Å². The summed E-state index contributed by atoms with van der Waals surface area (Å²) < 4.78 is 7.23. The zero-order valence-corrected chi connectivity index (χ0v) is 16.5. The van der Waals surface area contributed by atoms with E-state index in [2.05, 4.69) is 67.5 Å². The van der Waals surface area contributed by atoms with Gasteiger partial charge in [0.15, 0.2) is 0 Å². The molecule has 21 heavy (non-hydrogen) atoms. The van der Waals surface area contributed by atoms with Gasteiger partial charge in [0.1, 0.15) is 0 Å². The zero-order chi connectivity index (χ0) is 16.1. The fraction of sp³-hybridized carbons (Fsp3) is 0.895. The van der Waals surface area contributed by atoms with Crippen molar-refractivity contribution in [3.63, 3.8) is 0 Å². The van der Waals surface area contributed by atoms with Gasteiger partial charge in [-0.1, -0.05) is 67.5 Å². The third kappa shape index (κ3) is 2.67. The Labute approximate surface area is 133 Å². The van der Waals surface area contributed by atoms with Gasteiger partial charge in [-0.25, -0.2) is 0 Å². The van der Waals surface area contributed by atoms with Crippen LogP contribution in [0.3, 0.4) is 0 Å². The van der Waals surface area contributed by atoms with Crippen molar-refractivity contribution in [1.82, 2.24) is 0 Å². The van der Waals surface area contributed by atoms with Gasteiger partial charge in [-0.3, -0.25) is 0 Å². The van der Waals surface area contributed by atoms with Crippen LogP contribution in [0.4, 0.5) is 0 Å². The van der Waals surface area contributed by atoms with E-state index in [4.69, 9.17) is 4.43 Å². The minimum Gasteiger partial charge on any atom is -0.407 e. The Balaban J connectivity index is 2.53. The molecule has 0 amide bonds. The Morgan fingerprint density at radius 3 is 2.05 bits per heavy atom. The molecule has 0 aromatic carbocycles. The molecule has 1 aliphatic heterocycles. The van der Waals surface area contributed by atoms with Crippen LogP contribution in [0.25, 0.3) is 0 Å². The van der Waals surface area contributed by atoms with Gasteiger partial charge in [0.05, 0.1) is 5.60 Å². The van der Waals surface area contributed by atoms with E-state index in [0.29, 0.717) is 11.8 Å². The summed E-state index contributed by atoms with van der Waals surface area (Å²) >= 11 is 0. The summed E-state index contributed by atoms with van der Waals surface area (Å²) in [6.07, 6.45) is 8.59. The third-order valence-corrected chi connectivity index (χ3v) is 12.7. The first-order valence-corrected chi connectivity index (χ1v) is 10.9. The van der Waals surface area contributed by atoms with Crippen molar-refractivity contribution in [2.75, 3.05) is 0 Å². The predicted molar refractivity (Wildman–Crippen MR) is 95.1 cm³/mol. The summed E-state index contributed by atoms with van der Waals surface area (Å²) in [6.45, 7) is 19.3. The summed E-state index contributed by atoms with van der Waals surface area (Å²) in [5, 5.41) is 0.570. The fourth-order valence-corrected chi connectivity index (χ4v) is 11.6. The average Bonchev–Trinajstić information content (AvgIpc) is 2.65. The topological polar surface area (TPSA) is 9.23 Å². The Morgan fingerprint density at radius 1 is 1.10 bits per heavy atom. The summed E-state index contributed by atoms with van der Waals surface area (Å²) in [6, 6.07) is 1.32. The Morgan fingerprint density at radius 2 is 1.67 bits per heavy atom. The van der Waals surface area contributed by atoms with Crippen LogP contribution in [0.1, 0.15) is 74.7 Å². The van der Waals surface area contributed by atoms with Gasteiger partial charge >= 0.3 is 0 Å². The summed E-state index contributed by atoms with van der Waals surface area (Å²) in [7, 11) is -1.87. The molecule has 122 valence electrons. The van der Waals surface area contributed by atoms with E-state index in [1.165, 1.54) is 25.3 Å². The van der Waals surface area contributed by atoms with Crippen molar-refractivity contribution in [3.05, 3.63) is 12.2 Å². The number of hydrogen-bond acceptors (Lipinski definition) is 1. The number of allylic oxidation sites excluding steroid dienone is 1. The minimum absolute atomic E-state index is 0.0409. The molecule has 0 aromatic heterocycles. The van der Waals surface area contributed by atoms with Crippen LogP contribution in [0.5, 0.6) is 0 Å². The van der Waals surface area contributed by atoms with Gasteiger partial charge in [-0.2, -0.15) is 0 Å². The van der Waals surface area contributed by atoms with Crippen LogP contribution in [0.15, 0.2) is 12.2 Å². The standard InChI is InChI=1S/C19H36OSi/c1-15(2)16-14-21(17(3,4)5,18(6,7)8)20-19(16)12-10-9-11-13-19/h10,12,15-16H,9,11,13-14H2,1-8H3/t16-,19+/m1/s1. The highest BCUT2D eigenvalue weighted by Gasteiger charge is 2.65. The molecule has 2 rings (SSSR count). The van der Waals surface area contributed by atoms with E-state index in [-0.39, 0.29) is 15.7 Å². The number of hydrogen-bond donors (Lipinski definition) is 0. The fourth-order valence-electron chi connectivity index (χ4n) is 5.02. The minimum atomic E-state index is -1.87. The SMILES string of the molecule is CC(C)[C@H]1C[Si](C(C)(C)C)(C(C)(C)C)O[C@]12C=CCCC2. The summed E-state index contributed by atoms with van der Waals surface area (Å²) in [5.41, 5.74) is 0.0409. The predicted octanol–water partition coefficient (Wildman–Crippen LogP) is 6.31. The monoisotopic (exact) mass is 308 g/mol. The molecular weight excluding hydrogens is 272 g/mol. The second kappa shape index (κ2) is 5.23. The lowest BCUT2D eigenvalue weighted by Gasteiger charge is -2.49. The Bertz CT molecular complexity index is 396. The van der Waals surface area contributed by atoms with E-state index in [1.807, 2.05) is 0 Å². The maximum atomic E-state index is 7.23. The smallest absolute Gasteiger partial charge is 0.204 e. The first-order valence-electron chi connectivity index (χ1n) is 8.83. The Hall–Kier alpha value is -0.0831. The molecule has 0 radical (unpaired) electrons. The van der Waals surface area contributed by atoms with Crippen LogP contribution in [-0.4, -0.2) is 13.9 Å². The van der Waals surface area contributed by atoms with E-state index in [9.17, 15) is 0 Å². The summed E-state index contributed by atoms with van der Waals surface area (Å²) in [5.74, 6) is 1.39. The lowest BCUT2D eigenvalue weighted by Crippen LogP contribution is -2.53. The van der Waals surface area contributed by atoms with Crippen molar-refractivity contribution in [3.8, 4) is 0 Å². The highest BCUT2D eigenvalue weighted by atomic mass is 28.4. The van der Waals surface area contributed by atoms with Gasteiger partial charge in [-0.05, 0) is 47.2 Å². The first kappa shape index (κ1) is 17.3. The molecule has 2 aliphatic rings. The molecule has 1 saturated heterocycles. The van der Waals surface area contributed by atoms with Crippen molar-refractivity contribution in [2.24, 2.45) is 11.8 Å². The van der Waals surface area contributed by atoms with Gasteiger partial charge in [0, 0.05) is 0 Å². The molecule has 0 bridgehead atoms. The average molecular weight is 309 g/mol. The van der Waals surface area contributed by atoms with Gasteiger partial charge in [0.2, 0.25) is 8.32 Å². The second-order valence-electron chi connectivity index (χ2n) is 9.73. The maximum Gasteiger partial charge on any atom is 0.204 e. The molecule has 0 N–H and O–H groups in total. The largest absolute Gasteiger partial charge is 0.407 e. The molecule has 1 nitrogen and oxygen atoms in total. The van der Waals surface area contributed by atoms with E-state index in [0.717, 1.165) is 0 Å². The van der Waals surface area contributed by atoms with Crippen LogP contribution in [0.2, 0.25) is 16.1 Å². The first-order chi connectivity index (χ1) is 9.45. The quantitative estimate of drug-likeness (QED) is 0.407. The van der Waals surface area contributed by atoms with Crippen molar-refractivity contribution in [2.45, 2.75) is 96.4 Å². The molecule has 2 atom stereocenters. The zero-order valence-electron chi connectivity index (χ0n) is 15.5. The van der Waals surface area contributed by atoms with Crippen molar-refractivity contribution < 1.29 is 4.43 Å². The second-order valence-corrected chi connectivity index (χ2v) is 15.0. The lowest BCUT2D eigenvalue weighted by molar-refractivity contribution is 0.0473. The van der Waals surface area contributed by atoms with E-state index in [1.54, 1.807) is 0 Å². The molecule has 0 saturated carbocycles. The van der Waals surface area contributed by atoms with E-state index < -0.39 is 8.32 Å². The molecular formula is C19H36OSi.